The van der Waals surface area contributed by atoms with Crippen LogP contribution < -0.4 is 9.29 Å². The van der Waals surface area contributed by atoms with Crippen LogP contribution in [-0.2, 0) is 15.7 Å². The van der Waals surface area contributed by atoms with Gasteiger partial charge in [0.05, 0.1) is 0 Å². The molecule has 0 saturated carbocycles. The molecule has 5 rings (SSSR count). The Bertz CT molecular complexity index is 792. The average Bonchev–Trinajstić information content (AvgIpc) is 3.05. The summed E-state index contributed by atoms with van der Waals surface area (Å²) in [6, 6.07) is 14.5. The van der Waals surface area contributed by atoms with Crippen molar-refractivity contribution in [2.24, 2.45) is 0 Å². The molecule has 4 nitrogen and oxygen atoms in total. The molecule has 3 aliphatic rings. The molecule has 4 heterocycles. The van der Waals surface area contributed by atoms with Gasteiger partial charge in [0.25, 0.3) is 5.82 Å². The average molecular weight is 299 g/mol. The molecule has 1 N–H and O–H groups in total. The van der Waals surface area contributed by atoms with Crippen LogP contribution in [0.15, 0.2) is 42.5 Å². The van der Waals surface area contributed by atoms with Crippen molar-refractivity contribution < 1.29 is 13.5 Å². The molecule has 3 aliphatic heterocycles. The van der Waals surface area contributed by atoms with E-state index in [1.165, 1.54) is 16.8 Å². The van der Waals surface area contributed by atoms with Crippen LogP contribution in [0, 0.1) is 6.92 Å². The minimum absolute atomic E-state index is 0.00657. The molecule has 5 atom stereocenters. The van der Waals surface area contributed by atoms with Gasteiger partial charge in [-0.3, -0.25) is 0 Å². The molecule has 1 saturated heterocycles. The lowest BCUT2D eigenvalue weighted by atomic mass is 9.87. The van der Waals surface area contributed by atoms with Crippen LogP contribution in [0.25, 0.3) is 0 Å². The second-order valence-electron chi connectivity index (χ2n) is 5.88. The van der Waals surface area contributed by atoms with Crippen LogP contribution in [0.5, 0.6) is 0 Å². The minimum Gasteiger partial charge on any atom is -0.359 e. The Morgan fingerprint density at radius 3 is 2.67 bits per heavy atom. The highest BCUT2D eigenvalue weighted by Crippen LogP contribution is 2.57. The molecule has 1 aromatic carbocycles. The van der Waals surface area contributed by atoms with Gasteiger partial charge in [-0.1, -0.05) is 30.3 Å². The Morgan fingerprint density at radius 1 is 1.10 bits per heavy atom. The summed E-state index contributed by atoms with van der Waals surface area (Å²) in [4.78, 5) is 0. The van der Waals surface area contributed by atoms with Gasteiger partial charge in [-0.15, -0.1) is 0 Å². The summed E-state index contributed by atoms with van der Waals surface area (Å²) in [7, 11) is -1.12. The van der Waals surface area contributed by atoms with Gasteiger partial charge in [0, 0.05) is 6.07 Å². The zero-order valence-electron chi connectivity index (χ0n) is 11.5. The highest BCUT2D eigenvalue weighted by atomic mass is 32.2. The van der Waals surface area contributed by atoms with Crippen LogP contribution in [0.3, 0.4) is 0 Å². The molecule has 5 heteroatoms. The number of pyridine rings is 1. The van der Waals surface area contributed by atoms with Crippen molar-refractivity contribution in [1.82, 2.24) is 0 Å². The van der Waals surface area contributed by atoms with Gasteiger partial charge < -0.3 is 4.74 Å². The van der Waals surface area contributed by atoms with E-state index in [2.05, 4.69) is 40.5 Å². The Hall–Kier alpha value is -1.72. The van der Waals surface area contributed by atoms with Crippen LogP contribution >= 0.6 is 0 Å². The topological polar surface area (TPSA) is 42.2 Å². The standard InChI is InChI=1S/C16H14N2O2S/c1-9-5-4-8-12-17-21(19)16-13(18(9)12)14-10-6-2-3-7-11(10)15(16)20-14/h2-8,13-16H,1H3/p+1/t13-,14+,15+,16-,21-/m1/s1. The SMILES string of the molecule is Cc1cccc2[n+]1[C@H]1[C@H]([C@H]3O[C@H]1c1ccccc13)[S@@](=O)N2. The highest BCUT2D eigenvalue weighted by Gasteiger charge is 2.61. The van der Waals surface area contributed by atoms with E-state index in [-0.39, 0.29) is 23.5 Å². The fourth-order valence-corrected chi connectivity index (χ4v) is 5.47. The number of nitrogens with one attached hydrogen (secondary N) is 1. The maximum absolute atomic E-state index is 12.7. The van der Waals surface area contributed by atoms with E-state index in [0.717, 1.165) is 5.82 Å². The van der Waals surface area contributed by atoms with Gasteiger partial charge in [-0.2, -0.15) is 4.72 Å². The number of rotatable bonds is 0. The monoisotopic (exact) mass is 299 g/mol. The van der Waals surface area contributed by atoms with Crippen molar-refractivity contribution in [2.45, 2.75) is 30.4 Å². The molecule has 0 spiro atoms. The number of fused-ring (bicyclic) bond motifs is 10. The maximum Gasteiger partial charge on any atom is 0.288 e. The summed E-state index contributed by atoms with van der Waals surface area (Å²) >= 11 is 0. The fraction of sp³-hybridized carbons (Fsp3) is 0.312. The first-order valence-corrected chi connectivity index (χ1v) is 8.40. The lowest BCUT2D eigenvalue weighted by Gasteiger charge is -2.31. The van der Waals surface area contributed by atoms with E-state index in [1.54, 1.807) is 0 Å². The van der Waals surface area contributed by atoms with Crippen molar-refractivity contribution in [3.8, 4) is 0 Å². The first-order chi connectivity index (χ1) is 10.3. The van der Waals surface area contributed by atoms with Gasteiger partial charge in [-0.25, -0.2) is 8.78 Å². The zero-order valence-corrected chi connectivity index (χ0v) is 12.3. The van der Waals surface area contributed by atoms with Crippen molar-refractivity contribution in [3.05, 3.63) is 59.3 Å². The first kappa shape index (κ1) is 11.9. The summed E-state index contributed by atoms with van der Waals surface area (Å²) in [5.41, 5.74) is 3.63. The van der Waals surface area contributed by atoms with Crippen molar-refractivity contribution in [1.29, 1.82) is 0 Å². The van der Waals surface area contributed by atoms with E-state index >= 15 is 0 Å². The first-order valence-electron chi connectivity index (χ1n) is 7.18. The van der Waals surface area contributed by atoms with Crippen molar-refractivity contribution in [2.75, 3.05) is 4.72 Å². The molecule has 2 aromatic rings. The summed E-state index contributed by atoms with van der Waals surface area (Å²) < 4.78 is 24.3. The number of hydrogen-bond donors (Lipinski definition) is 1. The van der Waals surface area contributed by atoms with Gasteiger partial charge in [-0.05, 0) is 24.1 Å². The Balaban J connectivity index is 1.76. The van der Waals surface area contributed by atoms with E-state index in [9.17, 15) is 4.21 Å². The number of nitrogens with zero attached hydrogens (tertiary/aromatic N) is 1. The van der Waals surface area contributed by atoms with E-state index in [4.69, 9.17) is 4.74 Å². The van der Waals surface area contributed by atoms with Crippen LogP contribution in [0.4, 0.5) is 5.82 Å². The smallest absolute Gasteiger partial charge is 0.288 e. The Labute approximate surface area is 125 Å². The Morgan fingerprint density at radius 2 is 1.86 bits per heavy atom. The van der Waals surface area contributed by atoms with Gasteiger partial charge in [0.2, 0.25) is 11.0 Å². The number of ether oxygens (including phenoxy) is 1. The zero-order chi connectivity index (χ0) is 14.1. The lowest BCUT2D eigenvalue weighted by Crippen LogP contribution is -2.57. The number of benzene rings is 1. The largest absolute Gasteiger partial charge is 0.359 e. The van der Waals surface area contributed by atoms with Crippen molar-refractivity contribution >= 4 is 16.8 Å². The van der Waals surface area contributed by atoms with E-state index in [0.29, 0.717) is 0 Å². The number of hydrogen-bond acceptors (Lipinski definition) is 2. The number of aromatic nitrogens is 1. The lowest BCUT2D eigenvalue weighted by molar-refractivity contribution is -0.719. The molecule has 0 unspecified atom stereocenters. The molecule has 1 fully saturated rings. The van der Waals surface area contributed by atoms with Gasteiger partial charge in [0.15, 0.2) is 6.04 Å². The van der Waals surface area contributed by atoms with Crippen LogP contribution in [0.1, 0.15) is 35.1 Å². The van der Waals surface area contributed by atoms with E-state index in [1.807, 2.05) is 18.2 Å². The second kappa shape index (κ2) is 3.93. The number of anilines is 1. The predicted molar refractivity (Wildman–Crippen MR) is 79.0 cm³/mol. The fourth-order valence-electron chi connectivity index (χ4n) is 4.00. The third-order valence-corrected chi connectivity index (χ3v) is 6.26. The molecular weight excluding hydrogens is 284 g/mol. The quantitative estimate of drug-likeness (QED) is 0.757. The van der Waals surface area contributed by atoms with Crippen LogP contribution in [0.2, 0.25) is 0 Å². The molecule has 0 amide bonds. The molecule has 21 heavy (non-hydrogen) atoms. The maximum atomic E-state index is 12.7. The highest BCUT2D eigenvalue weighted by molar-refractivity contribution is 7.87. The van der Waals surface area contributed by atoms with Crippen molar-refractivity contribution in [3.63, 3.8) is 0 Å². The number of aryl methyl sites for hydroxylation is 1. The summed E-state index contributed by atoms with van der Waals surface area (Å²) in [5.74, 6) is 0.920. The van der Waals surface area contributed by atoms with Gasteiger partial charge >= 0.3 is 0 Å². The minimum atomic E-state index is -1.12. The predicted octanol–water partition coefficient (Wildman–Crippen LogP) is 2.11. The van der Waals surface area contributed by atoms with Gasteiger partial charge in [0.1, 0.15) is 23.2 Å². The molecule has 1 aromatic heterocycles. The molecule has 0 aliphatic carbocycles. The molecule has 2 bridgehead atoms. The molecule has 106 valence electrons. The third-order valence-electron chi connectivity index (χ3n) is 4.83. The van der Waals surface area contributed by atoms with Crippen LogP contribution in [-0.4, -0.2) is 9.46 Å². The second-order valence-corrected chi connectivity index (χ2v) is 7.23. The summed E-state index contributed by atoms with van der Waals surface area (Å²) in [6.45, 7) is 2.09. The molecule has 0 radical (unpaired) electrons. The molecular formula is C16H15N2O2S+. The normalized spacial score (nSPS) is 34.8. The van der Waals surface area contributed by atoms with E-state index < -0.39 is 11.0 Å². The third kappa shape index (κ3) is 1.38. The Kier molecular flexibility index (Phi) is 2.22. The summed E-state index contributed by atoms with van der Waals surface area (Å²) in [5, 5.41) is -0.0245. The summed E-state index contributed by atoms with van der Waals surface area (Å²) in [6.07, 6.45) is -0.0584.